The summed E-state index contributed by atoms with van der Waals surface area (Å²) in [5.41, 5.74) is 5.90. The van der Waals surface area contributed by atoms with Gasteiger partial charge in [0, 0.05) is 18.3 Å². The molecular weight excluding hydrogens is 282 g/mol. The van der Waals surface area contributed by atoms with E-state index in [0.717, 1.165) is 0 Å². The van der Waals surface area contributed by atoms with Crippen LogP contribution < -0.4 is 15.8 Å². The van der Waals surface area contributed by atoms with Crippen LogP contribution in [0.3, 0.4) is 0 Å². The summed E-state index contributed by atoms with van der Waals surface area (Å²) in [7, 11) is 1.56. The van der Waals surface area contributed by atoms with E-state index in [1.807, 2.05) is 0 Å². The number of ether oxygens (including phenoxy) is 1. The Labute approximate surface area is 124 Å². The van der Waals surface area contributed by atoms with Crippen molar-refractivity contribution < 1.29 is 14.3 Å². The number of halogens is 1. The second-order valence-electron chi connectivity index (χ2n) is 3.89. The normalized spacial score (nSPS) is 9.35. The predicted molar refractivity (Wildman–Crippen MR) is 80.2 cm³/mol. The first kappa shape index (κ1) is 18.2. The lowest BCUT2D eigenvalue weighted by Gasteiger charge is -2.19. The molecule has 1 aromatic carbocycles. The van der Waals surface area contributed by atoms with E-state index in [0.29, 0.717) is 18.0 Å². The Kier molecular flexibility index (Phi) is 8.35. The van der Waals surface area contributed by atoms with Gasteiger partial charge in [0.25, 0.3) is 0 Å². The molecule has 0 bridgehead atoms. The van der Waals surface area contributed by atoms with E-state index in [1.54, 1.807) is 38.3 Å². The Hall–Kier alpha value is -1.79. The number of methoxy groups -OCH3 is 1. The number of rotatable bonds is 6. The molecule has 112 valence electrons. The second kappa shape index (κ2) is 9.17. The number of amides is 2. The maximum Gasteiger partial charge on any atom is 0.243 e. The minimum Gasteiger partial charge on any atom is -0.497 e. The third kappa shape index (κ3) is 5.46. The molecule has 0 unspecified atom stereocenters. The molecule has 0 aliphatic heterocycles. The van der Waals surface area contributed by atoms with E-state index in [9.17, 15) is 9.59 Å². The number of anilines is 1. The quantitative estimate of drug-likeness (QED) is 0.816. The fourth-order valence-corrected chi connectivity index (χ4v) is 1.58. The molecule has 0 heterocycles. The Bertz CT molecular complexity index is 454. The molecular formula is C13H20ClN3O3. The van der Waals surface area contributed by atoms with E-state index in [4.69, 9.17) is 10.5 Å². The third-order valence-electron chi connectivity index (χ3n) is 2.60. The molecule has 0 spiro atoms. The molecule has 20 heavy (non-hydrogen) atoms. The summed E-state index contributed by atoms with van der Waals surface area (Å²) in [6, 6.07) is 7.02. The lowest BCUT2D eigenvalue weighted by Crippen LogP contribution is -2.41. The van der Waals surface area contributed by atoms with Crippen LogP contribution >= 0.6 is 12.4 Å². The highest BCUT2D eigenvalue weighted by molar-refractivity contribution is 5.94. The largest absolute Gasteiger partial charge is 0.497 e. The van der Waals surface area contributed by atoms with E-state index >= 15 is 0 Å². The number of nitrogens with one attached hydrogen (secondary N) is 1. The van der Waals surface area contributed by atoms with Gasteiger partial charge >= 0.3 is 0 Å². The first-order valence-electron chi connectivity index (χ1n) is 6.02. The van der Waals surface area contributed by atoms with Crippen LogP contribution in [0.4, 0.5) is 5.69 Å². The van der Waals surface area contributed by atoms with Crippen molar-refractivity contribution in [1.82, 2.24) is 4.90 Å². The maximum atomic E-state index is 11.8. The summed E-state index contributed by atoms with van der Waals surface area (Å²) in [4.78, 5) is 24.6. The number of likely N-dealkylation sites (N-methyl/N-ethyl adjacent to an activating group) is 1. The average molecular weight is 302 g/mol. The van der Waals surface area contributed by atoms with Crippen molar-refractivity contribution in [2.24, 2.45) is 5.73 Å². The number of nitrogens with two attached hydrogens (primary N) is 1. The number of nitrogens with zero attached hydrogens (tertiary/aromatic N) is 1. The van der Waals surface area contributed by atoms with Crippen LogP contribution in [0.1, 0.15) is 6.92 Å². The highest BCUT2D eigenvalue weighted by atomic mass is 35.5. The van der Waals surface area contributed by atoms with Crippen molar-refractivity contribution >= 4 is 29.9 Å². The molecule has 0 aliphatic carbocycles. The molecule has 0 saturated carbocycles. The fourth-order valence-electron chi connectivity index (χ4n) is 1.58. The lowest BCUT2D eigenvalue weighted by molar-refractivity contribution is -0.133. The topological polar surface area (TPSA) is 84.7 Å². The molecule has 0 fully saturated rings. The zero-order valence-corrected chi connectivity index (χ0v) is 12.4. The van der Waals surface area contributed by atoms with E-state index in [-0.39, 0.29) is 37.3 Å². The highest BCUT2D eigenvalue weighted by Gasteiger charge is 2.14. The van der Waals surface area contributed by atoms with Gasteiger partial charge in [-0.1, -0.05) is 6.07 Å². The average Bonchev–Trinajstić information content (AvgIpc) is 2.44. The van der Waals surface area contributed by atoms with Gasteiger partial charge in [-0.2, -0.15) is 0 Å². The van der Waals surface area contributed by atoms with Gasteiger partial charge in [-0.15, -0.1) is 12.4 Å². The first-order chi connectivity index (χ1) is 9.10. The molecule has 3 N–H and O–H groups in total. The zero-order chi connectivity index (χ0) is 14.3. The Morgan fingerprint density at radius 2 is 2.10 bits per heavy atom. The van der Waals surface area contributed by atoms with Crippen LogP contribution in [-0.4, -0.2) is 43.5 Å². The number of benzene rings is 1. The predicted octanol–water partition coefficient (Wildman–Crippen LogP) is 0.863. The molecule has 6 nitrogen and oxygen atoms in total. The minimum atomic E-state index is -0.267. The monoisotopic (exact) mass is 301 g/mol. The molecule has 0 radical (unpaired) electrons. The van der Waals surface area contributed by atoms with Crippen molar-refractivity contribution in [3.8, 4) is 5.75 Å². The number of hydrogen-bond donors (Lipinski definition) is 2. The van der Waals surface area contributed by atoms with Crippen LogP contribution in [-0.2, 0) is 9.59 Å². The van der Waals surface area contributed by atoms with Gasteiger partial charge in [-0.25, -0.2) is 0 Å². The van der Waals surface area contributed by atoms with Crippen LogP contribution in [0.15, 0.2) is 24.3 Å². The van der Waals surface area contributed by atoms with Crippen LogP contribution in [0.5, 0.6) is 5.75 Å². The number of carbonyl (C=O) groups is 2. The SMILES string of the molecule is CCN(CC(=O)Nc1cccc(OC)c1)C(=O)CN.Cl. The van der Waals surface area contributed by atoms with E-state index < -0.39 is 0 Å². The van der Waals surface area contributed by atoms with Gasteiger partial charge < -0.3 is 20.7 Å². The van der Waals surface area contributed by atoms with Crippen molar-refractivity contribution in [3.63, 3.8) is 0 Å². The number of carbonyl (C=O) groups excluding carboxylic acids is 2. The standard InChI is InChI=1S/C13H19N3O3.ClH/c1-3-16(13(18)8-14)9-12(17)15-10-5-4-6-11(7-10)19-2;/h4-7H,3,8-9,14H2,1-2H3,(H,15,17);1H. The Morgan fingerprint density at radius 1 is 1.40 bits per heavy atom. The lowest BCUT2D eigenvalue weighted by atomic mass is 10.3. The summed E-state index contributed by atoms with van der Waals surface area (Å²) < 4.78 is 5.06. The van der Waals surface area contributed by atoms with Crippen molar-refractivity contribution in [1.29, 1.82) is 0 Å². The molecule has 1 rings (SSSR count). The Balaban J connectivity index is 0.00000361. The van der Waals surface area contributed by atoms with Crippen LogP contribution in [0.25, 0.3) is 0 Å². The molecule has 0 saturated heterocycles. The molecule has 0 aliphatic rings. The molecule has 1 aromatic rings. The maximum absolute atomic E-state index is 11.8. The molecule has 0 atom stereocenters. The van der Waals surface area contributed by atoms with Crippen molar-refractivity contribution in [2.45, 2.75) is 6.92 Å². The molecule has 2 amide bonds. The Morgan fingerprint density at radius 3 is 2.65 bits per heavy atom. The van der Waals surface area contributed by atoms with Gasteiger partial charge in [0.15, 0.2) is 0 Å². The van der Waals surface area contributed by atoms with Crippen molar-refractivity contribution in [3.05, 3.63) is 24.3 Å². The summed E-state index contributed by atoms with van der Waals surface area (Å²) in [6.45, 7) is 2.14. The molecule has 0 aromatic heterocycles. The number of hydrogen-bond acceptors (Lipinski definition) is 4. The fraction of sp³-hybridized carbons (Fsp3) is 0.385. The van der Waals surface area contributed by atoms with Crippen molar-refractivity contribution in [2.75, 3.05) is 32.1 Å². The zero-order valence-electron chi connectivity index (χ0n) is 11.6. The highest BCUT2D eigenvalue weighted by Crippen LogP contribution is 2.16. The van der Waals surface area contributed by atoms with Gasteiger partial charge in [0.1, 0.15) is 5.75 Å². The summed E-state index contributed by atoms with van der Waals surface area (Å²) in [5, 5.41) is 2.71. The van der Waals surface area contributed by atoms with Crippen LogP contribution in [0.2, 0.25) is 0 Å². The summed E-state index contributed by atoms with van der Waals surface area (Å²) >= 11 is 0. The van der Waals surface area contributed by atoms with E-state index in [2.05, 4.69) is 5.32 Å². The second-order valence-corrected chi connectivity index (χ2v) is 3.89. The summed E-state index contributed by atoms with van der Waals surface area (Å²) in [5.74, 6) is 0.142. The van der Waals surface area contributed by atoms with Gasteiger partial charge in [-0.05, 0) is 19.1 Å². The van der Waals surface area contributed by atoms with Gasteiger partial charge in [0.05, 0.1) is 20.2 Å². The molecule has 7 heteroatoms. The van der Waals surface area contributed by atoms with E-state index in [1.165, 1.54) is 4.90 Å². The third-order valence-corrected chi connectivity index (χ3v) is 2.60. The minimum absolute atomic E-state index is 0. The van der Waals surface area contributed by atoms with Gasteiger partial charge in [-0.3, -0.25) is 9.59 Å². The van der Waals surface area contributed by atoms with Gasteiger partial charge in [0.2, 0.25) is 11.8 Å². The first-order valence-corrected chi connectivity index (χ1v) is 6.02. The van der Waals surface area contributed by atoms with Crippen LogP contribution in [0, 0.1) is 0 Å². The smallest absolute Gasteiger partial charge is 0.243 e. The summed E-state index contributed by atoms with van der Waals surface area (Å²) in [6.07, 6.45) is 0.